The molecule has 4 aromatic rings. The van der Waals surface area contributed by atoms with Crippen molar-refractivity contribution < 1.29 is 0 Å². The number of benzene rings is 3. The average Bonchev–Trinajstić information content (AvgIpc) is 2.69. The zero-order chi connectivity index (χ0) is 19.7. The zero-order valence-electron chi connectivity index (χ0n) is 17.0. The third-order valence-corrected chi connectivity index (χ3v) is 6.34. The monoisotopic (exact) mass is 380 g/mol. The molecular formula is C27H25P. The molecule has 0 unspecified atom stereocenters. The van der Waals surface area contributed by atoms with E-state index in [0.717, 1.165) is 0 Å². The first-order valence-electron chi connectivity index (χ1n) is 9.74. The molecule has 1 aromatic heterocycles. The van der Waals surface area contributed by atoms with Crippen LogP contribution in [0.5, 0.6) is 0 Å². The molecule has 0 nitrogen and oxygen atoms in total. The van der Waals surface area contributed by atoms with Gasteiger partial charge in [-0.25, -0.2) is 0 Å². The predicted octanol–water partition coefficient (Wildman–Crippen LogP) is 8.50. The molecule has 0 saturated heterocycles. The van der Waals surface area contributed by atoms with E-state index in [4.69, 9.17) is 0 Å². The van der Waals surface area contributed by atoms with Gasteiger partial charge >= 0.3 is 0 Å². The molecular weight excluding hydrogens is 355 g/mol. The second-order valence-corrected chi connectivity index (χ2v) is 8.59. The molecule has 0 amide bonds. The molecule has 3 aromatic carbocycles. The Morgan fingerprint density at radius 2 is 1.18 bits per heavy atom. The first kappa shape index (κ1) is 18.7. The van der Waals surface area contributed by atoms with Crippen LogP contribution in [0, 0.1) is 27.7 Å². The normalized spacial score (nSPS) is 11.1. The molecule has 0 aliphatic heterocycles. The van der Waals surface area contributed by atoms with Gasteiger partial charge < -0.3 is 0 Å². The van der Waals surface area contributed by atoms with Gasteiger partial charge in [0, 0.05) is 10.9 Å². The van der Waals surface area contributed by atoms with E-state index in [1.54, 1.807) is 0 Å². The Balaban J connectivity index is 2.07. The second-order valence-electron chi connectivity index (χ2n) is 7.58. The first-order valence-corrected chi connectivity index (χ1v) is 10.7. The average molecular weight is 380 g/mol. The van der Waals surface area contributed by atoms with Crippen molar-refractivity contribution >= 4 is 8.19 Å². The van der Waals surface area contributed by atoms with Crippen molar-refractivity contribution in [1.82, 2.24) is 0 Å². The number of hydrogen-bond acceptors (Lipinski definition) is 0. The summed E-state index contributed by atoms with van der Waals surface area (Å²) in [5.74, 6) is 2.28. The van der Waals surface area contributed by atoms with E-state index >= 15 is 0 Å². The summed E-state index contributed by atoms with van der Waals surface area (Å²) in [6.45, 7) is 8.78. The molecule has 0 saturated carbocycles. The van der Waals surface area contributed by atoms with Crippen LogP contribution < -0.4 is 0 Å². The van der Waals surface area contributed by atoms with Crippen LogP contribution in [0.15, 0.2) is 78.6 Å². The van der Waals surface area contributed by atoms with Gasteiger partial charge in [0.2, 0.25) is 0 Å². The molecule has 0 radical (unpaired) electrons. The number of hydrogen-bond donors (Lipinski definition) is 0. The van der Waals surface area contributed by atoms with E-state index < -0.39 is 0 Å². The maximum atomic E-state index is 2.29. The molecule has 1 heterocycles. The SMILES string of the molecule is Cc1ccc(-c2pccc(-c3ccccc3)c2-c2ccc(C)cc2C)c(C)c1. The summed E-state index contributed by atoms with van der Waals surface area (Å²) in [4.78, 5) is 0. The van der Waals surface area contributed by atoms with Crippen molar-refractivity contribution in [3.05, 3.63) is 101 Å². The quantitative estimate of drug-likeness (QED) is 0.334. The van der Waals surface area contributed by atoms with Crippen molar-refractivity contribution in [3.63, 3.8) is 0 Å². The van der Waals surface area contributed by atoms with Crippen LogP contribution in [-0.4, -0.2) is 0 Å². The minimum atomic E-state index is 1.25. The van der Waals surface area contributed by atoms with Gasteiger partial charge in [0.05, 0.1) is 0 Å². The fraction of sp³-hybridized carbons (Fsp3) is 0.148. The van der Waals surface area contributed by atoms with Crippen molar-refractivity contribution in [2.75, 3.05) is 0 Å². The molecule has 0 spiro atoms. The van der Waals surface area contributed by atoms with Crippen LogP contribution in [-0.2, 0) is 0 Å². The summed E-state index contributed by atoms with van der Waals surface area (Å²) in [5.41, 5.74) is 11.9. The molecule has 0 aliphatic carbocycles. The summed E-state index contributed by atoms with van der Waals surface area (Å²) in [7, 11) is 1.25. The Morgan fingerprint density at radius 1 is 0.571 bits per heavy atom. The summed E-state index contributed by atoms with van der Waals surface area (Å²) in [5, 5.41) is 1.39. The van der Waals surface area contributed by atoms with Gasteiger partial charge in [0.15, 0.2) is 0 Å². The van der Waals surface area contributed by atoms with Crippen molar-refractivity contribution in [2.24, 2.45) is 0 Å². The summed E-state index contributed by atoms with van der Waals surface area (Å²) in [6, 6.07) is 26.7. The third kappa shape index (κ3) is 3.53. The summed E-state index contributed by atoms with van der Waals surface area (Å²) >= 11 is 0. The molecule has 0 fully saturated rings. The van der Waals surface area contributed by atoms with E-state index in [1.165, 1.54) is 63.6 Å². The topological polar surface area (TPSA) is 0 Å². The number of aryl methyl sites for hydroxylation is 4. The van der Waals surface area contributed by atoms with Crippen LogP contribution in [0.1, 0.15) is 22.3 Å². The third-order valence-electron chi connectivity index (χ3n) is 5.32. The van der Waals surface area contributed by atoms with Crippen molar-refractivity contribution in [2.45, 2.75) is 27.7 Å². The van der Waals surface area contributed by atoms with Gasteiger partial charge in [0.1, 0.15) is 0 Å². The van der Waals surface area contributed by atoms with E-state index in [1.807, 2.05) is 0 Å². The summed E-state index contributed by atoms with van der Waals surface area (Å²) < 4.78 is 0. The smallest absolute Gasteiger partial charge is 0.0178 e. The van der Waals surface area contributed by atoms with Crippen molar-refractivity contribution in [1.29, 1.82) is 0 Å². The molecule has 0 atom stereocenters. The van der Waals surface area contributed by atoms with Crippen LogP contribution in [0.4, 0.5) is 0 Å². The lowest BCUT2D eigenvalue weighted by Gasteiger charge is -2.19. The maximum Gasteiger partial charge on any atom is 0.0178 e. The van der Waals surface area contributed by atoms with Gasteiger partial charge in [-0.1, -0.05) is 86.0 Å². The molecule has 138 valence electrons. The molecule has 28 heavy (non-hydrogen) atoms. The van der Waals surface area contributed by atoms with Gasteiger partial charge in [-0.2, -0.15) is 0 Å². The van der Waals surface area contributed by atoms with Gasteiger partial charge in [0.25, 0.3) is 0 Å². The molecule has 0 aliphatic rings. The Kier molecular flexibility index (Phi) is 5.16. The van der Waals surface area contributed by atoms with Crippen LogP contribution in [0.3, 0.4) is 0 Å². The van der Waals surface area contributed by atoms with Gasteiger partial charge in [-0.05, 0) is 72.9 Å². The summed E-state index contributed by atoms with van der Waals surface area (Å²) in [6.07, 6.45) is 0. The molecule has 0 bridgehead atoms. The maximum absolute atomic E-state index is 2.29. The Hall–Kier alpha value is -2.69. The zero-order valence-corrected chi connectivity index (χ0v) is 17.8. The highest BCUT2D eigenvalue weighted by atomic mass is 31.0. The second kappa shape index (κ2) is 7.74. The van der Waals surface area contributed by atoms with E-state index in [9.17, 15) is 0 Å². The molecule has 0 N–H and O–H groups in total. The minimum absolute atomic E-state index is 1.25. The van der Waals surface area contributed by atoms with Gasteiger partial charge in [-0.3, -0.25) is 0 Å². The lowest BCUT2D eigenvalue weighted by atomic mass is 9.89. The van der Waals surface area contributed by atoms with Crippen molar-refractivity contribution in [3.8, 4) is 33.1 Å². The molecule has 1 heteroatoms. The Bertz CT molecular complexity index is 1140. The molecule has 4 rings (SSSR count). The van der Waals surface area contributed by atoms with Crippen LogP contribution in [0.2, 0.25) is 0 Å². The minimum Gasteiger partial charge on any atom is -0.0671 e. The highest BCUT2D eigenvalue weighted by Crippen LogP contribution is 2.46. The number of rotatable bonds is 3. The van der Waals surface area contributed by atoms with E-state index in [2.05, 4.69) is 106 Å². The van der Waals surface area contributed by atoms with Gasteiger partial charge in [-0.15, -0.1) is 0 Å². The Labute approximate surface area is 170 Å². The first-order chi connectivity index (χ1) is 13.5. The fourth-order valence-electron chi connectivity index (χ4n) is 3.97. The highest BCUT2D eigenvalue weighted by Gasteiger charge is 2.17. The van der Waals surface area contributed by atoms with E-state index in [0.29, 0.717) is 0 Å². The Morgan fingerprint density at radius 3 is 1.79 bits per heavy atom. The lowest BCUT2D eigenvalue weighted by molar-refractivity contribution is 1.37. The standard InChI is InChI=1S/C27H25P/c1-18-10-12-23(20(3)16-18)26-25(22-8-6-5-7-9-22)14-15-28-27(26)24-13-11-19(2)17-21(24)4/h5-17H,1-4H3. The van der Waals surface area contributed by atoms with Crippen LogP contribution >= 0.6 is 8.19 Å². The largest absolute Gasteiger partial charge is 0.0671 e. The predicted molar refractivity (Wildman–Crippen MR) is 124 cm³/mol. The van der Waals surface area contributed by atoms with E-state index in [-0.39, 0.29) is 0 Å². The highest BCUT2D eigenvalue weighted by molar-refractivity contribution is 7.33. The lowest BCUT2D eigenvalue weighted by Crippen LogP contribution is -1.93. The van der Waals surface area contributed by atoms with Crippen LogP contribution in [0.25, 0.3) is 33.1 Å². The fourth-order valence-corrected chi connectivity index (χ4v) is 5.10.